The van der Waals surface area contributed by atoms with Crippen LogP contribution >= 0.6 is 0 Å². The summed E-state index contributed by atoms with van der Waals surface area (Å²) in [6.45, 7) is 0.626. The molecule has 1 aromatic carbocycles. The van der Waals surface area contributed by atoms with Crippen LogP contribution in [0.3, 0.4) is 0 Å². The molecule has 2 rings (SSSR count). The quantitative estimate of drug-likeness (QED) is 0.495. The van der Waals surface area contributed by atoms with Gasteiger partial charge in [0.2, 0.25) is 0 Å². The van der Waals surface area contributed by atoms with Gasteiger partial charge in [-0.15, -0.1) is 0 Å². The minimum absolute atomic E-state index is 0.0218. The van der Waals surface area contributed by atoms with E-state index in [9.17, 15) is 10.1 Å². The van der Waals surface area contributed by atoms with Crippen LogP contribution < -0.4 is 10.5 Å². The molecule has 0 aliphatic heterocycles. The van der Waals surface area contributed by atoms with Gasteiger partial charge < -0.3 is 10.5 Å². The highest BCUT2D eigenvalue weighted by molar-refractivity contribution is 5.53. The molecule has 0 amide bonds. The van der Waals surface area contributed by atoms with E-state index in [1.54, 1.807) is 6.07 Å². The zero-order chi connectivity index (χ0) is 12.3. The molecular formula is C12H16N2O3. The first-order valence-electron chi connectivity index (χ1n) is 5.83. The third-order valence-corrected chi connectivity index (χ3v) is 3.08. The number of rotatable bonds is 4. The molecule has 0 bridgehead atoms. The SMILES string of the molecule is Nc1cc(OCC2CCCC2)cc([N+](=O)[O-])c1. The summed E-state index contributed by atoms with van der Waals surface area (Å²) in [6, 6.07) is 4.38. The van der Waals surface area contributed by atoms with E-state index in [1.165, 1.54) is 37.8 Å². The van der Waals surface area contributed by atoms with Crippen LogP contribution in [0.2, 0.25) is 0 Å². The molecule has 2 N–H and O–H groups in total. The van der Waals surface area contributed by atoms with Gasteiger partial charge >= 0.3 is 0 Å². The Morgan fingerprint density at radius 2 is 2.06 bits per heavy atom. The van der Waals surface area contributed by atoms with Crippen LogP contribution in [0.15, 0.2) is 18.2 Å². The third-order valence-electron chi connectivity index (χ3n) is 3.08. The van der Waals surface area contributed by atoms with E-state index in [0.717, 1.165) is 0 Å². The molecule has 5 heteroatoms. The van der Waals surface area contributed by atoms with Crippen LogP contribution in [0.5, 0.6) is 5.75 Å². The topological polar surface area (TPSA) is 78.4 Å². The van der Waals surface area contributed by atoms with Crippen LogP contribution in [0.4, 0.5) is 11.4 Å². The summed E-state index contributed by atoms with van der Waals surface area (Å²) in [4.78, 5) is 10.2. The molecule has 17 heavy (non-hydrogen) atoms. The fourth-order valence-corrected chi connectivity index (χ4v) is 2.19. The smallest absolute Gasteiger partial charge is 0.275 e. The van der Waals surface area contributed by atoms with E-state index in [2.05, 4.69) is 0 Å². The molecular weight excluding hydrogens is 220 g/mol. The average Bonchev–Trinajstić information content (AvgIpc) is 2.78. The number of non-ortho nitro benzene ring substituents is 1. The second-order valence-electron chi connectivity index (χ2n) is 4.48. The molecule has 1 saturated carbocycles. The van der Waals surface area contributed by atoms with Gasteiger partial charge in [0.05, 0.1) is 17.6 Å². The summed E-state index contributed by atoms with van der Waals surface area (Å²) >= 11 is 0. The summed E-state index contributed by atoms with van der Waals surface area (Å²) < 4.78 is 5.58. The Bertz CT molecular complexity index is 414. The standard InChI is InChI=1S/C12H16N2O3/c13-10-5-11(14(15)16)7-12(6-10)17-8-9-3-1-2-4-9/h5-7,9H,1-4,8,13H2. The number of nitro groups is 1. The van der Waals surface area contributed by atoms with Crippen molar-refractivity contribution in [3.05, 3.63) is 28.3 Å². The lowest BCUT2D eigenvalue weighted by molar-refractivity contribution is -0.384. The van der Waals surface area contributed by atoms with Crippen LogP contribution in [0.25, 0.3) is 0 Å². The van der Waals surface area contributed by atoms with Gasteiger partial charge in [0, 0.05) is 17.8 Å². The summed E-state index contributed by atoms with van der Waals surface area (Å²) in [5.74, 6) is 1.07. The minimum Gasteiger partial charge on any atom is -0.493 e. The number of nitrogen functional groups attached to an aromatic ring is 1. The maximum absolute atomic E-state index is 10.7. The number of nitrogens with zero attached hydrogens (tertiary/aromatic N) is 1. The van der Waals surface area contributed by atoms with Gasteiger partial charge in [-0.25, -0.2) is 0 Å². The van der Waals surface area contributed by atoms with Crippen LogP contribution in [-0.4, -0.2) is 11.5 Å². The second kappa shape index (κ2) is 5.03. The van der Waals surface area contributed by atoms with Crippen molar-refractivity contribution in [2.45, 2.75) is 25.7 Å². The molecule has 1 aliphatic rings. The Balaban J connectivity index is 2.01. The fraction of sp³-hybridized carbons (Fsp3) is 0.500. The van der Waals surface area contributed by atoms with E-state index < -0.39 is 4.92 Å². The lowest BCUT2D eigenvalue weighted by Crippen LogP contribution is -2.08. The fourth-order valence-electron chi connectivity index (χ4n) is 2.19. The predicted molar refractivity (Wildman–Crippen MR) is 65.0 cm³/mol. The molecule has 0 atom stereocenters. The predicted octanol–water partition coefficient (Wildman–Crippen LogP) is 2.75. The molecule has 0 saturated heterocycles. The molecule has 5 nitrogen and oxygen atoms in total. The average molecular weight is 236 g/mol. The first-order valence-corrected chi connectivity index (χ1v) is 5.83. The van der Waals surface area contributed by atoms with Crippen LogP contribution in [-0.2, 0) is 0 Å². The molecule has 0 spiro atoms. The van der Waals surface area contributed by atoms with E-state index >= 15 is 0 Å². The third kappa shape index (κ3) is 3.09. The summed E-state index contributed by atoms with van der Waals surface area (Å²) in [5.41, 5.74) is 5.94. The van der Waals surface area contributed by atoms with Gasteiger partial charge in [-0.1, -0.05) is 12.8 Å². The van der Waals surface area contributed by atoms with E-state index in [-0.39, 0.29) is 5.69 Å². The summed E-state index contributed by atoms with van der Waals surface area (Å²) in [5, 5.41) is 10.7. The van der Waals surface area contributed by atoms with Gasteiger partial charge in [-0.05, 0) is 18.8 Å². The number of anilines is 1. The maximum Gasteiger partial charge on any atom is 0.275 e. The highest BCUT2D eigenvalue weighted by Gasteiger charge is 2.16. The normalized spacial score (nSPS) is 16.0. The number of ether oxygens (including phenoxy) is 1. The molecule has 0 aromatic heterocycles. The number of nitrogens with two attached hydrogens (primary N) is 1. The van der Waals surface area contributed by atoms with E-state index in [0.29, 0.717) is 24.0 Å². The van der Waals surface area contributed by atoms with E-state index in [4.69, 9.17) is 10.5 Å². The molecule has 0 unspecified atom stereocenters. The lowest BCUT2D eigenvalue weighted by Gasteiger charge is -2.11. The Morgan fingerprint density at radius 3 is 2.71 bits per heavy atom. The first-order chi connectivity index (χ1) is 8.15. The number of hydrogen-bond donors (Lipinski definition) is 1. The molecule has 0 heterocycles. The van der Waals surface area contributed by atoms with Crippen molar-refractivity contribution in [2.75, 3.05) is 12.3 Å². The first kappa shape index (κ1) is 11.7. The van der Waals surface area contributed by atoms with Gasteiger partial charge in [0.25, 0.3) is 5.69 Å². The molecule has 1 aliphatic carbocycles. The Morgan fingerprint density at radius 1 is 1.35 bits per heavy atom. The monoisotopic (exact) mass is 236 g/mol. The lowest BCUT2D eigenvalue weighted by atomic mass is 10.1. The van der Waals surface area contributed by atoms with Crippen molar-refractivity contribution in [3.8, 4) is 5.75 Å². The maximum atomic E-state index is 10.7. The summed E-state index contributed by atoms with van der Waals surface area (Å²) in [7, 11) is 0. The molecule has 92 valence electrons. The number of hydrogen-bond acceptors (Lipinski definition) is 4. The van der Waals surface area contributed by atoms with Crippen molar-refractivity contribution in [3.63, 3.8) is 0 Å². The zero-order valence-electron chi connectivity index (χ0n) is 9.59. The molecule has 0 radical (unpaired) electrons. The molecule has 1 fully saturated rings. The number of benzene rings is 1. The van der Waals surface area contributed by atoms with Gasteiger partial charge in [-0.2, -0.15) is 0 Å². The van der Waals surface area contributed by atoms with Crippen LogP contribution in [0.1, 0.15) is 25.7 Å². The van der Waals surface area contributed by atoms with Crippen molar-refractivity contribution >= 4 is 11.4 Å². The number of nitro benzene ring substituents is 1. The summed E-state index contributed by atoms with van der Waals surface area (Å²) in [6.07, 6.45) is 4.88. The second-order valence-corrected chi connectivity index (χ2v) is 4.48. The van der Waals surface area contributed by atoms with Crippen molar-refractivity contribution in [1.82, 2.24) is 0 Å². The Kier molecular flexibility index (Phi) is 3.46. The Labute approximate surface area is 99.7 Å². The van der Waals surface area contributed by atoms with Gasteiger partial charge in [0.1, 0.15) is 5.75 Å². The highest BCUT2D eigenvalue weighted by atomic mass is 16.6. The van der Waals surface area contributed by atoms with Gasteiger partial charge in [0.15, 0.2) is 0 Å². The molecule has 1 aromatic rings. The van der Waals surface area contributed by atoms with Crippen molar-refractivity contribution < 1.29 is 9.66 Å². The van der Waals surface area contributed by atoms with Crippen molar-refractivity contribution in [1.29, 1.82) is 0 Å². The largest absolute Gasteiger partial charge is 0.493 e. The zero-order valence-corrected chi connectivity index (χ0v) is 9.59. The van der Waals surface area contributed by atoms with E-state index in [1.807, 2.05) is 0 Å². The van der Waals surface area contributed by atoms with Crippen LogP contribution in [0, 0.1) is 16.0 Å². The van der Waals surface area contributed by atoms with Crippen molar-refractivity contribution in [2.24, 2.45) is 5.92 Å². The Hall–Kier alpha value is -1.78. The van der Waals surface area contributed by atoms with Gasteiger partial charge in [-0.3, -0.25) is 10.1 Å². The minimum atomic E-state index is -0.460. The highest BCUT2D eigenvalue weighted by Crippen LogP contribution is 2.28.